The lowest BCUT2D eigenvalue weighted by molar-refractivity contribution is -0.120. The van der Waals surface area contributed by atoms with Crippen molar-refractivity contribution in [3.8, 4) is 17.2 Å². The molecule has 0 aromatic heterocycles. The number of benzene rings is 4. The van der Waals surface area contributed by atoms with Gasteiger partial charge in [-0.15, -0.1) is 0 Å². The van der Waals surface area contributed by atoms with Gasteiger partial charge in [0.2, 0.25) is 5.91 Å². The molecule has 4 aromatic carbocycles. The van der Waals surface area contributed by atoms with Crippen LogP contribution in [-0.2, 0) is 24.4 Å². The molecule has 0 aliphatic heterocycles. The van der Waals surface area contributed by atoms with Gasteiger partial charge in [0.05, 0.1) is 19.2 Å². The highest BCUT2D eigenvalue weighted by Gasteiger charge is 2.10. The van der Waals surface area contributed by atoms with Gasteiger partial charge in [0, 0.05) is 10.0 Å². The Kier molecular flexibility index (Phi) is 9.93. The number of carbonyl (C=O) groups excluding carboxylic acids is 1. The standard InChI is InChI=1S/C31H29BrN2O4/c1-2-36-30-17-25(13-15-29(30)38-21-24-11-7-4-8-12-24)22-37-28-16-14-27(32)19-26(28)20-33-34-31(35)18-23-9-5-3-6-10-23/h3-17,19-20H,2,18,21-22H2,1H3,(H,34,35)/b33-20+. The number of nitrogens with zero attached hydrogens (tertiary/aromatic N) is 1. The van der Waals surface area contributed by atoms with Gasteiger partial charge in [0.25, 0.3) is 0 Å². The molecule has 0 saturated carbocycles. The minimum atomic E-state index is -0.192. The number of amides is 1. The normalized spacial score (nSPS) is 10.8. The van der Waals surface area contributed by atoms with Crippen molar-refractivity contribution in [2.75, 3.05) is 6.61 Å². The molecule has 0 unspecified atom stereocenters. The molecule has 1 N–H and O–H groups in total. The lowest BCUT2D eigenvalue weighted by atomic mass is 10.1. The number of hydrogen-bond acceptors (Lipinski definition) is 5. The van der Waals surface area contributed by atoms with Gasteiger partial charge in [0.1, 0.15) is 19.0 Å². The Labute approximate surface area is 231 Å². The monoisotopic (exact) mass is 572 g/mol. The number of nitrogens with one attached hydrogen (secondary N) is 1. The summed E-state index contributed by atoms with van der Waals surface area (Å²) in [7, 11) is 0. The Bertz CT molecular complexity index is 1360. The first-order chi connectivity index (χ1) is 18.6. The fourth-order valence-electron chi connectivity index (χ4n) is 3.67. The summed E-state index contributed by atoms with van der Waals surface area (Å²) >= 11 is 3.49. The molecule has 38 heavy (non-hydrogen) atoms. The van der Waals surface area contributed by atoms with Crippen LogP contribution in [0.5, 0.6) is 17.2 Å². The van der Waals surface area contributed by atoms with Gasteiger partial charge in [-0.25, -0.2) is 5.43 Å². The Morgan fingerprint density at radius 1 is 0.763 bits per heavy atom. The minimum absolute atomic E-state index is 0.192. The molecule has 0 aliphatic carbocycles. The van der Waals surface area contributed by atoms with Crippen LogP contribution in [0.15, 0.2) is 107 Å². The molecule has 4 rings (SSSR count). The summed E-state index contributed by atoms with van der Waals surface area (Å²) < 4.78 is 18.8. The zero-order valence-corrected chi connectivity index (χ0v) is 22.7. The average Bonchev–Trinajstić information content (AvgIpc) is 2.93. The fraction of sp³-hybridized carbons (Fsp3) is 0.161. The van der Waals surface area contributed by atoms with Crippen LogP contribution >= 0.6 is 15.9 Å². The second-order valence-electron chi connectivity index (χ2n) is 8.41. The van der Waals surface area contributed by atoms with Crippen LogP contribution in [0.3, 0.4) is 0 Å². The lowest BCUT2D eigenvalue weighted by Gasteiger charge is -2.14. The van der Waals surface area contributed by atoms with E-state index in [1.54, 1.807) is 6.21 Å². The molecular formula is C31H29BrN2O4. The van der Waals surface area contributed by atoms with E-state index < -0.39 is 0 Å². The summed E-state index contributed by atoms with van der Waals surface area (Å²) in [6, 6.07) is 31.0. The molecular weight excluding hydrogens is 544 g/mol. The van der Waals surface area contributed by atoms with E-state index in [9.17, 15) is 4.79 Å². The Hall–Kier alpha value is -4.10. The molecule has 7 heteroatoms. The number of carbonyl (C=O) groups is 1. The van der Waals surface area contributed by atoms with Crippen molar-refractivity contribution < 1.29 is 19.0 Å². The van der Waals surface area contributed by atoms with E-state index in [0.717, 1.165) is 26.7 Å². The van der Waals surface area contributed by atoms with Gasteiger partial charge in [-0.2, -0.15) is 5.10 Å². The van der Waals surface area contributed by atoms with Gasteiger partial charge in [-0.3, -0.25) is 4.79 Å². The molecule has 6 nitrogen and oxygen atoms in total. The molecule has 0 fully saturated rings. The number of hydrazone groups is 1. The minimum Gasteiger partial charge on any atom is -0.490 e. The third-order valence-corrected chi connectivity index (χ3v) is 6.00. The SMILES string of the molecule is CCOc1cc(COc2ccc(Br)cc2/C=N/NC(=O)Cc2ccccc2)ccc1OCc1ccccc1. The molecule has 0 saturated heterocycles. The highest BCUT2D eigenvalue weighted by molar-refractivity contribution is 9.10. The topological polar surface area (TPSA) is 69.2 Å². The third kappa shape index (κ3) is 8.21. The zero-order valence-electron chi connectivity index (χ0n) is 21.1. The predicted molar refractivity (Wildman–Crippen MR) is 153 cm³/mol. The molecule has 0 spiro atoms. The summed E-state index contributed by atoms with van der Waals surface area (Å²) in [5.41, 5.74) is 6.25. The van der Waals surface area contributed by atoms with Crippen LogP contribution in [0.4, 0.5) is 0 Å². The molecule has 0 atom stereocenters. The van der Waals surface area contributed by atoms with E-state index in [2.05, 4.69) is 26.5 Å². The van der Waals surface area contributed by atoms with Gasteiger partial charge < -0.3 is 14.2 Å². The van der Waals surface area contributed by atoms with Crippen LogP contribution in [0.2, 0.25) is 0 Å². The summed E-state index contributed by atoms with van der Waals surface area (Å²) in [5.74, 6) is 1.80. The molecule has 0 radical (unpaired) electrons. The van der Waals surface area contributed by atoms with Crippen LogP contribution < -0.4 is 19.6 Å². The first kappa shape index (κ1) is 26.9. The number of hydrogen-bond donors (Lipinski definition) is 1. The molecule has 1 amide bonds. The van der Waals surface area contributed by atoms with Crippen molar-refractivity contribution >= 4 is 28.1 Å². The van der Waals surface area contributed by atoms with Gasteiger partial charge >= 0.3 is 0 Å². The van der Waals surface area contributed by atoms with Crippen LogP contribution in [0, 0.1) is 0 Å². The maximum Gasteiger partial charge on any atom is 0.244 e. The van der Waals surface area contributed by atoms with Gasteiger partial charge in [-0.1, -0.05) is 82.7 Å². The predicted octanol–water partition coefficient (Wildman–Crippen LogP) is 6.70. The summed E-state index contributed by atoms with van der Waals surface area (Å²) in [4.78, 5) is 12.2. The Morgan fingerprint density at radius 2 is 1.42 bits per heavy atom. The lowest BCUT2D eigenvalue weighted by Crippen LogP contribution is -2.19. The van der Waals surface area contributed by atoms with E-state index in [1.165, 1.54) is 0 Å². The first-order valence-electron chi connectivity index (χ1n) is 12.3. The third-order valence-electron chi connectivity index (χ3n) is 5.51. The van der Waals surface area contributed by atoms with Crippen molar-refractivity contribution in [3.05, 3.63) is 124 Å². The average molecular weight is 573 g/mol. The number of halogens is 1. The summed E-state index contributed by atoms with van der Waals surface area (Å²) in [6.45, 7) is 3.24. The fourth-order valence-corrected chi connectivity index (χ4v) is 4.05. The smallest absolute Gasteiger partial charge is 0.244 e. The van der Waals surface area contributed by atoms with E-state index in [-0.39, 0.29) is 12.3 Å². The number of ether oxygens (including phenoxy) is 3. The molecule has 4 aromatic rings. The molecule has 194 valence electrons. The second kappa shape index (κ2) is 14.0. The van der Waals surface area contributed by atoms with Crippen molar-refractivity contribution in [1.82, 2.24) is 5.43 Å². The second-order valence-corrected chi connectivity index (χ2v) is 9.33. The van der Waals surface area contributed by atoms with Crippen molar-refractivity contribution in [3.63, 3.8) is 0 Å². The Morgan fingerprint density at radius 3 is 2.16 bits per heavy atom. The van der Waals surface area contributed by atoms with Crippen molar-refractivity contribution in [2.24, 2.45) is 5.10 Å². The largest absolute Gasteiger partial charge is 0.490 e. The van der Waals surface area contributed by atoms with E-state index in [0.29, 0.717) is 37.1 Å². The van der Waals surface area contributed by atoms with Crippen LogP contribution in [-0.4, -0.2) is 18.7 Å². The highest BCUT2D eigenvalue weighted by atomic mass is 79.9. The number of rotatable bonds is 12. The maximum atomic E-state index is 12.2. The van der Waals surface area contributed by atoms with Gasteiger partial charge in [-0.05, 0) is 53.9 Å². The molecule has 0 bridgehead atoms. The highest BCUT2D eigenvalue weighted by Crippen LogP contribution is 2.30. The Balaban J connectivity index is 1.39. The zero-order chi connectivity index (χ0) is 26.6. The quantitative estimate of drug-likeness (QED) is 0.151. The van der Waals surface area contributed by atoms with E-state index in [1.807, 2.05) is 104 Å². The first-order valence-corrected chi connectivity index (χ1v) is 13.1. The summed E-state index contributed by atoms with van der Waals surface area (Å²) in [6.07, 6.45) is 1.84. The van der Waals surface area contributed by atoms with Crippen molar-refractivity contribution in [1.29, 1.82) is 0 Å². The summed E-state index contributed by atoms with van der Waals surface area (Å²) in [5, 5.41) is 4.13. The van der Waals surface area contributed by atoms with Crippen LogP contribution in [0.1, 0.15) is 29.2 Å². The maximum absolute atomic E-state index is 12.2. The van der Waals surface area contributed by atoms with E-state index in [4.69, 9.17) is 14.2 Å². The van der Waals surface area contributed by atoms with Crippen LogP contribution in [0.25, 0.3) is 0 Å². The van der Waals surface area contributed by atoms with Gasteiger partial charge in [0.15, 0.2) is 11.5 Å². The van der Waals surface area contributed by atoms with Crippen molar-refractivity contribution in [2.45, 2.75) is 26.6 Å². The molecule has 0 aliphatic rings. The molecule has 0 heterocycles. The van der Waals surface area contributed by atoms with E-state index >= 15 is 0 Å².